The molecule has 1 aromatic carbocycles. The Balaban J connectivity index is 2.32. The highest BCUT2D eigenvalue weighted by atomic mass is 32.1. The maximum absolute atomic E-state index is 12.6. The third-order valence-corrected chi connectivity index (χ3v) is 3.87. The minimum atomic E-state index is -2.74. The molecule has 26 heavy (non-hydrogen) atoms. The number of hydrogen-bond acceptors (Lipinski definition) is 7. The fourth-order valence-corrected chi connectivity index (χ4v) is 2.66. The number of amides is 1. The van der Waals surface area contributed by atoms with E-state index in [9.17, 15) is 13.6 Å². The maximum atomic E-state index is 12.6. The number of rotatable bonds is 9. The summed E-state index contributed by atoms with van der Waals surface area (Å²) in [5.74, 6) is 0.572. The fraction of sp³-hybridized carbons (Fsp3) is 0.438. The Morgan fingerprint density at radius 1 is 1.08 bits per heavy atom. The number of ether oxygens (including phenoxy) is 3. The van der Waals surface area contributed by atoms with Crippen molar-refractivity contribution in [2.75, 3.05) is 25.1 Å². The number of alkyl halides is 2. The Bertz CT molecular complexity index is 728. The number of halogens is 2. The van der Waals surface area contributed by atoms with Gasteiger partial charge in [-0.3, -0.25) is 10.1 Å². The van der Waals surface area contributed by atoms with Gasteiger partial charge in [0.05, 0.1) is 19.8 Å². The Labute approximate surface area is 153 Å². The van der Waals surface area contributed by atoms with Crippen molar-refractivity contribution in [2.24, 2.45) is 0 Å². The normalized spacial score (nSPS) is 10.7. The molecular weight excluding hydrogens is 368 g/mol. The number of anilines is 1. The summed E-state index contributed by atoms with van der Waals surface area (Å²) in [4.78, 5) is 12.5. The summed E-state index contributed by atoms with van der Waals surface area (Å²) in [6, 6.07) is 3.00. The molecule has 1 aromatic heterocycles. The second-order valence-corrected chi connectivity index (χ2v) is 5.81. The molecule has 0 aliphatic carbocycles. The molecule has 1 amide bonds. The molecule has 2 rings (SSSR count). The number of benzene rings is 1. The van der Waals surface area contributed by atoms with Gasteiger partial charge in [0.2, 0.25) is 10.9 Å². The standard InChI is InChI=1S/C16H19F2N3O4S/c1-4-23-10-7-9(8-11(24-5-2)12(10)25-6-3)14(22)19-16-21-20-15(26-16)13(17)18/h7-8,13H,4-6H2,1-3H3,(H,19,21,22). The molecule has 0 unspecified atom stereocenters. The van der Waals surface area contributed by atoms with Crippen molar-refractivity contribution in [3.8, 4) is 17.2 Å². The van der Waals surface area contributed by atoms with Crippen LogP contribution in [0.15, 0.2) is 12.1 Å². The third kappa shape index (κ3) is 4.78. The van der Waals surface area contributed by atoms with Crippen LogP contribution in [-0.4, -0.2) is 35.9 Å². The van der Waals surface area contributed by atoms with Crippen molar-refractivity contribution in [2.45, 2.75) is 27.2 Å². The molecule has 0 bridgehead atoms. The van der Waals surface area contributed by atoms with Gasteiger partial charge in [0.1, 0.15) is 0 Å². The summed E-state index contributed by atoms with van der Waals surface area (Å²) in [6.07, 6.45) is -2.74. The fourth-order valence-electron chi connectivity index (χ4n) is 2.06. The van der Waals surface area contributed by atoms with E-state index in [4.69, 9.17) is 14.2 Å². The van der Waals surface area contributed by atoms with Crippen molar-refractivity contribution in [3.63, 3.8) is 0 Å². The molecule has 0 radical (unpaired) electrons. The van der Waals surface area contributed by atoms with E-state index in [1.807, 2.05) is 6.92 Å². The van der Waals surface area contributed by atoms with Crippen molar-refractivity contribution in [1.29, 1.82) is 0 Å². The Morgan fingerprint density at radius 3 is 2.12 bits per heavy atom. The van der Waals surface area contributed by atoms with E-state index in [1.54, 1.807) is 13.8 Å². The molecule has 0 aliphatic heterocycles. The maximum Gasteiger partial charge on any atom is 0.291 e. The zero-order chi connectivity index (χ0) is 19.1. The first-order valence-corrected chi connectivity index (χ1v) is 8.81. The van der Waals surface area contributed by atoms with Crippen LogP contribution in [0.1, 0.15) is 42.6 Å². The second kappa shape index (κ2) is 9.27. The van der Waals surface area contributed by atoms with Crippen molar-refractivity contribution in [3.05, 3.63) is 22.7 Å². The van der Waals surface area contributed by atoms with Crippen LogP contribution in [0.5, 0.6) is 17.2 Å². The summed E-state index contributed by atoms with van der Waals surface area (Å²) < 4.78 is 41.8. The second-order valence-electron chi connectivity index (χ2n) is 4.80. The van der Waals surface area contributed by atoms with E-state index >= 15 is 0 Å². The van der Waals surface area contributed by atoms with Gasteiger partial charge in [-0.05, 0) is 32.9 Å². The topological polar surface area (TPSA) is 82.6 Å². The first-order chi connectivity index (χ1) is 12.5. The Kier molecular flexibility index (Phi) is 7.07. The van der Waals surface area contributed by atoms with E-state index in [2.05, 4.69) is 15.5 Å². The average molecular weight is 387 g/mol. The Morgan fingerprint density at radius 2 is 1.65 bits per heavy atom. The third-order valence-electron chi connectivity index (χ3n) is 3.02. The summed E-state index contributed by atoms with van der Waals surface area (Å²) in [5, 5.41) is 8.83. The molecule has 10 heteroatoms. The van der Waals surface area contributed by atoms with E-state index in [0.717, 1.165) is 0 Å². The van der Waals surface area contributed by atoms with Crippen LogP contribution in [0.25, 0.3) is 0 Å². The number of aromatic nitrogens is 2. The minimum absolute atomic E-state index is 0.0184. The van der Waals surface area contributed by atoms with Crippen molar-refractivity contribution >= 4 is 22.4 Å². The lowest BCUT2D eigenvalue weighted by Crippen LogP contribution is -2.13. The highest BCUT2D eigenvalue weighted by Crippen LogP contribution is 2.39. The van der Waals surface area contributed by atoms with Crippen LogP contribution in [0, 0.1) is 0 Å². The zero-order valence-corrected chi connectivity index (χ0v) is 15.4. The largest absolute Gasteiger partial charge is 0.490 e. The monoisotopic (exact) mass is 387 g/mol. The molecule has 0 fully saturated rings. The zero-order valence-electron chi connectivity index (χ0n) is 14.5. The number of nitrogens with one attached hydrogen (secondary N) is 1. The van der Waals surface area contributed by atoms with Gasteiger partial charge in [0.25, 0.3) is 12.3 Å². The smallest absolute Gasteiger partial charge is 0.291 e. The summed E-state index contributed by atoms with van der Waals surface area (Å²) in [6.45, 7) is 6.55. The molecule has 0 saturated heterocycles. The van der Waals surface area contributed by atoms with Crippen LogP contribution < -0.4 is 19.5 Å². The lowest BCUT2D eigenvalue weighted by Gasteiger charge is -2.16. The lowest BCUT2D eigenvalue weighted by molar-refractivity contribution is 0.102. The first-order valence-electron chi connectivity index (χ1n) is 7.99. The number of carbonyl (C=O) groups excluding carboxylic acids is 1. The molecule has 7 nitrogen and oxygen atoms in total. The molecule has 0 saturated carbocycles. The molecule has 142 valence electrons. The molecule has 2 aromatic rings. The minimum Gasteiger partial charge on any atom is -0.490 e. The van der Waals surface area contributed by atoms with Gasteiger partial charge in [0, 0.05) is 5.56 Å². The van der Waals surface area contributed by atoms with Gasteiger partial charge in [-0.25, -0.2) is 8.78 Å². The summed E-state index contributed by atoms with van der Waals surface area (Å²) in [7, 11) is 0. The Hall–Kier alpha value is -2.49. The molecular formula is C16H19F2N3O4S. The van der Waals surface area contributed by atoms with Crippen LogP contribution in [0.2, 0.25) is 0 Å². The summed E-state index contributed by atoms with van der Waals surface area (Å²) >= 11 is 0.613. The summed E-state index contributed by atoms with van der Waals surface area (Å²) in [5.41, 5.74) is 0.217. The quantitative estimate of drug-likeness (QED) is 0.702. The average Bonchev–Trinajstić information content (AvgIpc) is 3.06. The highest BCUT2D eigenvalue weighted by molar-refractivity contribution is 7.15. The van der Waals surface area contributed by atoms with Crippen LogP contribution in [0.3, 0.4) is 0 Å². The van der Waals surface area contributed by atoms with E-state index in [-0.39, 0.29) is 10.7 Å². The number of carbonyl (C=O) groups is 1. The SMILES string of the molecule is CCOc1cc(C(=O)Nc2nnc(C(F)F)s2)cc(OCC)c1OCC. The van der Waals surface area contributed by atoms with Gasteiger partial charge in [-0.1, -0.05) is 11.3 Å². The first kappa shape index (κ1) is 19.8. The lowest BCUT2D eigenvalue weighted by atomic mass is 10.1. The van der Waals surface area contributed by atoms with E-state index in [0.29, 0.717) is 48.4 Å². The predicted octanol–water partition coefficient (Wildman–Crippen LogP) is 3.92. The van der Waals surface area contributed by atoms with Gasteiger partial charge in [0.15, 0.2) is 16.5 Å². The molecule has 0 atom stereocenters. The molecule has 0 spiro atoms. The van der Waals surface area contributed by atoms with Gasteiger partial charge >= 0.3 is 0 Å². The predicted molar refractivity (Wildman–Crippen MR) is 92.8 cm³/mol. The van der Waals surface area contributed by atoms with Gasteiger partial charge < -0.3 is 14.2 Å². The van der Waals surface area contributed by atoms with Gasteiger partial charge in [-0.15, -0.1) is 10.2 Å². The highest BCUT2D eigenvalue weighted by Gasteiger charge is 2.20. The molecule has 1 heterocycles. The molecule has 0 aliphatic rings. The van der Waals surface area contributed by atoms with E-state index < -0.39 is 17.3 Å². The van der Waals surface area contributed by atoms with Crippen molar-refractivity contribution < 1.29 is 27.8 Å². The number of hydrogen-bond donors (Lipinski definition) is 1. The van der Waals surface area contributed by atoms with Crippen LogP contribution in [-0.2, 0) is 0 Å². The van der Waals surface area contributed by atoms with E-state index in [1.165, 1.54) is 12.1 Å². The van der Waals surface area contributed by atoms with Gasteiger partial charge in [-0.2, -0.15) is 0 Å². The molecule has 1 N–H and O–H groups in total. The van der Waals surface area contributed by atoms with Crippen molar-refractivity contribution in [1.82, 2.24) is 10.2 Å². The number of nitrogens with zero attached hydrogens (tertiary/aromatic N) is 2. The van der Waals surface area contributed by atoms with Crippen LogP contribution in [0.4, 0.5) is 13.9 Å². The van der Waals surface area contributed by atoms with Crippen LogP contribution >= 0.6 is 11.3 Å².